The smallest absolute Gasteiger partial charge is 0.0341 e. The van der Waals surface area contributed by atoms with Gasteiger partial charge in [-0.25, -0.2) is 0 Å². The van der Waals surface area contributed by atoms with Crippen LogP contribution in [0.4, 0.5) is 0 Å². The maximum Gasteiger partial charge on any atom is 0.0341 e. The predicted molar refractivity (Wildman–Crippen MR) is 101 cm³/mol. The number of allylic oxidation sites excluding steroid dienone is 2. The fourth-order valence-corrected chi connectivity index (χ4v) is 2.47. The standard InChI is InChI=1S/C21H37N/c1-6-8-9-10-12-16-19(3)17-13-11-14-18-21(15-7-2)20(4)22-5/h11,15,18-19,22H,4,6-10,12-13,16-17H2,1-3,5H3/b21-15-/t14?,19-/m1/s1. The van der Waals surface area contributed by atoms with Crippen molar-refractivity contribution in [2.75, 3.05) is 7.05 Å². The van der Waals surface area contributed by atoms with Gasteiger partial charge in [-0.05, 0) is 37.3 Å². The van der Waals surface area contributed by atoms with E-state index in [2.05, 4.69) is 50.6 Å². The Morgan fingerprint density at radius 1 is 1.14 bits per heavy atom. The molecule has 0 fully saturated rings. The van der Waals surface area contributed by atoms with Crippen LogP contribution >= 0.6 is 0 Å². The first-order valence-corrected chi connectivity index (χ1v) is 9.13. The first-order valence-electron chi connectivity index (χ1n) is 9.13. The van der Waals surface area contributed by atoms with E-state index in [0.717, 1.165) is 30.0 Å². The first-order chi connectivity index (χ1) is 10.7. The molecule has 1 heteroatoms. The van der Waals surface area contributed by atoms with Crippen molar-refractivity contribution in [2.24, 2.45) is 5.92 Å². The molecule has 1 atom stereocenters. The molecule has 22 heavy (non-hydrogen) atoms. The van der Waals surface area contributed by atoms with E-state index in [1.54, 1.807) is 0 Å². The van der Waals surface area contributed by atoms with E-state index in [0.29, 0.717) is 0 Å². The van der Waals surface area contributed by atoms with Crippen LogP contribution in [0.25, 0.3) is 0 Å². The molecule has 0 aliphatic carbocycles. The predicted octanol–water partition coefficient (Wildman–Crippen LogP) is 6.54. The quantitative estimate of drug-likeness (QED) is 0.231. The van der Waals surface area contributed by atoms with E-state index >= 15 is 0 Å². The average molecular weight is 304 g/mol. The van der Waals surface area contributed by atoms with Crippen LogP contribution in [0.3, 0.4) is 0 Å². The normalized spacial score (nSPS) is 12.5. The summed E-state index contributed by atoms with van der Waals surface area (Å²) in [5, 5.41) is 3.10. The second-order valence-electron chi connectivity index (χ2n) is 6.20. The molecule has 0 saturated carbocycles. The molecule has 0 rings (SSSR count). The lowest BCUT2D eigenvalue weighted by Gasteiger charge is -2.09. The fraction of sp³-hybridized carbons (Fsp3) is 0.667. The minimum atomic E-state index is 0.831. The highest BCUT2D eigenvalue weighted by Crippen LogP contribution is 2.16. The van der Waals surface area contributed by atoms with Gasteiger partial charge in [0.1, 0.15) is 0 Å². The van der Waals surface area contributed by atoms with E-state index in [1.165, 1.54) is 44.9 Å². The second-order valence-corrected chi connectivity index (χ2v) is 6.20. The molecular formula is C21H37N. The lowest BCUT2D eigenvalue weighted by molar-refractivity contribution is 0.461. The van der Waals surface area contributed by atoms with Crippen molar-refractivity contribution in [3.63, 3.8) is 0 Å². The minimum absolute atomic E-state index is 0.831. The molecule has 0 aromatic carbocycles. The van der Waals surface area contributed by atoms with Gasteiger partial charge in [0.25, 0.3) is 0 Å². The third kappa shape index (κ3) is 11.5. The van der Waals surface area contributed by atoms with Gasteiger partial charge in [-0.15, -0.1) is 5.73 Å². The highest BCUT2D eigenvalue weighted by atomic mass is 14.8. The van der Waals surface area contributed by atoms with Crippen LogP contribution < -0.4 is 5.32 Å². The number of rotatable bonds is 13. The zero-order valence-electron chi connectivity index (χ0n) is 15.4. The summed E-state index contributed by atoms with van der Waals surface area (Å²) < 4.78 is 0. The lowest BCUT2D eigenvalue weighted by Crippen LogP contribution is -2.05. The number of hydrogen-bond donors (Lipinski definition) is 1. The van der Waals surface area contributed by atoms with Crippen LogP contribution in [0.1, 0.15) is 78.6 Å². The highest BCUT2D eigenvalue weighted by Gasteiger charge is 2.00. The average Bonchev–Trinajstić information content (AvgIpc) is 2.52. The van der Waals surface area contributed by atoms with Gasteiger partial charge in [0.2, 0.25) is 0 Å². The molecule has 0 saturated heterocycles. The Hall–Kier alpha value is -1.20. The highest BCUT2D eigenvalue weighted by molar-refractivity contribution is 5.36. The Balaban J connectivity index is 3.98. The molecule has 1 N–H and O–H groups in total. The molecule has 0 unspecified atom stereocenters. The van der Waals surface area contributed by atoms with Gasteiger partial charge in [0.15, 0.2) is 0 Å². The van der Waals surface area contributed by atoms with Gasteiger partial charge in [-0.3, -0.25) is 0 Å². The maximum atomic E-state index is 4.01. The Labute approximate surface area is 139 Å². The van der Waals surface area contributed by atoms with Crippen LogP contribution in [0, 0.1) is 5.92 Å². The van der Waals surface area contributed by atoms with Crippen LogP contribution in [-0.2, 0) is 0 Å². The van der Waals surface area contributed by atoms with Gasteiger partial charge < -0.3 is 5.32 Å². The van der Waals surface area contributed by atoms with E-state index in [-0.39, 0.29) is 0 Å². The molecular weight excluding hydrogens is 266 g/mol. The van der Waals surface area contributed by atoms with E-state index in [9.17, 15) is 0 Å². The first kappa shape index (κ1) is 20.8. The van der Waals surface area contributed by atoms with Crippen LogP contribution in [0.2, 0.25) is 0 Å². The molecule has 0 bridgehead atoms. The molecule has 0 heterocycles. The molecule has 0 aromatic rings. The Morgan fingerprint density at radius 3 is 2.50 bits per heavy atom. The van der Waals surface area contributed by atoms with Gasteiger partial charge in [0, 0.05) is 18.3 Å². The topological polar surface area (TPSA) is 12.0 Å². The molecule has 1 nitrogen and oxygen atoms in total. The maximum absolute atomic E-state index is 4.01. The largest absolute Gasteiger partial charge is 0.388 e. The number of nitrogens with one attached hydrogen (secondary N) is 1. The Bertz CT molecular complexity index is 369. The van der Waals surface area contributed by atoms with E-state index in [1.807, 2.05) is 13.1 Å². The van der Waals surface area contributed by atoms with Crippen LogP contribution in [0.15, 0.2) is 41.8 Å². The summed E-state index contributed by atoms with van der Waals surface area (Å²) in [4.78, 5) is 0. The molecule has 0 aromatic heterocycles. The summed E-state index contributed by atoms with van der Waals surface area (Å²) in [6.07, 6.45) is 18.1. The van der Waals surface area contributed by atoms with Crippen LogP contribution in [-0.4, -0.2) is 7.05 Å². The third-order valence-electron chi connectivity index (χ3n) is 4.04. The monoisotopic (exact) mass is 303 g/mol. The van der Waals surface area contributed by atoms with Gasteiger partial charge >= 0.3 is 0 Å². The Kier molecular flexibility index (Phi) is 13.9. The molecule has 0 aliphatic rings. The van der Waals surface area contributed by atoms with Crippen molar-refractivity contribution in [1.82, 2.24) is 5.32 Å². The second kappa shape index (κ2) is 14.7. The van der Waals surface area contributed by atoms with Crippen molar-refractivity contribution in [2.45, 2.75) is 78.6 Å². The molecule has 126 valence electrons. The summed E-state index contributed by atoms with van der Waals surface area (Å²) in [7, 11) is 1.91. The third-order valence-corrected chi connectivity index (χ3v) is 4.04. The van der Waals surface area contributed by atoms with Crippen molar-refractivity contribution in [1.29, 1.82) is 0 Å². The lowest BCUT2D eigenvalue weighted by atomic mass is 9.97. The number of likely N-dealkylation sites (N-methyl/N-ethyl adjacent to an activating group) is 1. The molecule has 0 aliphatic heterocycles. The zero-order valence-corrected chi connectivity index (χ0v) is 15.4. The zero-order chi connectivity index (χ0) is 16.6. The van der Waals surface area contributed by atoms with E-state index < -0.39 is 0 Å². The fourth-order valence-electron chi connectivity index (χ4n) is 2.47. The summed E-state index contributed by atoms with van der Waals surface area (Å²) in [5.41, 5.74) is 5.41. The van der Waals surface area contributed by atoms with Crippen LogP contribution in [0.5, 0.6) is 0 Å². The number of unbranched alkanes of at least 4 members (excludes halogenated alkanes) is 4. The minimum Gasteiger partial charge on any atom is -0.388 e. The van der Waals surface area contributed by atoms with Crippen molar-refractivity contribution >= 4 is 0 Å². The summed E-state index contributed by atoms with van der Waals surface area (Å²) >= 11 is 0. The van der Waals surface area contributed by atoms with Gasteiger partial charge in [0.05, 0.1) is 0 Å². The van der Waals surface area contributed by atoms with E-state index in [4.69, 9.17) is 0 Å². The van der Waals surface area contributed by atoms with Crippen molar-refractivity contribution in [3.05, 3.63) is 41.8 Å². The van der Waals surface area contributed by atoms with Crippen molar-refractivity contribution in [3.8, 4) is 0 Å². The molecule has 0 amide bonds. The molecule has 0 spiro atoms. The van der Waals surface area contributed by atoms with Gasteiger partial charge in [-0.1, -0.05) is 72.0 Å². The van der Waals surface area contributed by atoms with Gasteiger partial charge in [-0.2, -0.15) is 0 Å². The SMILES string of the molecule is C=C(NC)/C(C=C=CCC[C@H](C)CCCCCCC)=C\CC. The molecule has 0 radical (unpaired) electrons. The Morgan fingerprint density at radius 2 is 1.86 bits per heavy atom. The van der Waals surface area contributed by atoms with Crippen molar-refractivity contribution < 1.29 is 0 Å². The summed E-state index contributed by atoms with van der Waals surface area (Å²) in [6.45, 7) is 10.8. The number of hydrogen-bond acceptors (Lipinski definition) is 1. The summed E-state index contributed by atoms with van der Waals surface area (Å²) in [6, 6.07) is 0. The summed E-state index contributed by atoms with van der Waals surface area (Å²) in [5.74, 6) is 0.831.